The van der Waals surface area contributed by atoms with Gasteiger partial charge in [0, 0.05) is 24.1 Å². The Hall–Kier alpha value is -1.42. The first-order valence-electron chi connectivity index (χ1n) is 5.51. The van der Waals surface area contributed by atoms with Crippen LogP contribution in [-0.4, -0.2) is 24.2 Å². The number of amides is 1. The molecule has 0 heterocycles. The third-order valence-electron chi connectivity index (χ3n) is 2.58. The van der Waals surface area contributed by atoms with E-state index in [1.165, 1.54) is 18.2 Å². The average Bonchev–Trinajstić information content (AvgIpc) is 2.30. The van der Waals surface area contributed by atoms with Crippen LogP contribution in [0, 0.1) is 18.2 Å². The van der Waals surface area contributed by atoms with E-state index in [2.05, 4.69) is 5.32 Å². The van der Waals surface area contributed by atoms with Gasteiger partial charge in [-0.1, -0.05) is 13.8 Å². The number of carbonyl (C=O) groups is 1. The Morgan fingerprint density at radius 3 is 2.65 bits per heavy atom. The van der Waals surface area contributed by atoms with Gasteiger partial charge in [0.05, 0.1) is 0 Å². The number of rotatable bonds is 4. The van der Waals surface area contributed by atoms with Gasteiger partial charge in [0.2, 0.25) is 0 Å². The largest absolute Gasteiger partial charge is 0.396 e. The molecular weight excluding hydrogens is 221 g/mol. The van der Waals surface area contributed by atoms with Gasteiger partial charge < -0.3 is 10.4 Å². The molecule has 0 bridgehead atoms. The third-order valence-corrected chi connectivity index (χ3v) is 2.58. The quantitative estimate of drug-likeness (QED) is 0.843. The van der Waals surface area contributed by atoms with Crippen LogP contribution in [0.1, 0.15) is 29.8 Å². The van der Waals surface area contributed by atoms with Crippen molar-refractivity contribution in [2.24, 2.45) is 5.41 Å². The Labute approximate surface area is 101 Å². The molecule has 0 spiro atoms. The van der Waals surface area contributed by atoms with Crippen molar-refractivity contribution in [3.8, 4) is 0 Å². The first-order valence-corrected chi connectivity index (χ1v) is 5.51. The van der Waals surface area contributed by atoms with Crippen molar-refractivity contribution in [2.75, 3.05) is 13.2 Å². The van der Waals surface area contributed by atoms with Crippen LogP contribution in [-0.2, 0) is 0 Å². The van der Waals surface area contributed by atoms with Crippen LogP contribution in [0.15, 0.2) is 18.2 Å². The van der Waals surface area contributed by atoms with Crippen LogP contribution in [0.3, 0.4) is 0 Å². The number of aliphatic hydroxyl groups is 1. The van der Waals surface area contributed by atoms with Gasteiger partial charge in [-0.05, 0) is 30.7 Å². The Morgan fingerprint density at radius 1 is 1.47 bits per heavy atom. The molecule has 0 aliphatic rings. The van der Waals surface area contributed by atoms with Crippen molar-refractivity contribution >= 4 is 5.91 Å². The van der Waals surface area contributed by atoms with E-state index in [-0.39, 0.29) is 23.7 Å². The molecule has 1 rings (SSSR count). The molecule has 0 aliphatic carbocycles. The average molecular weight is 239 g/mol. The minimum absolute atomic E-state index is 0.00424. The first-order chi connectivity index (χ1) is 7.85. The summed E-state index contributed by atoms with van der Waals surface area (Å²) in [5.74, 6) is -0.577. The molecule has 17 heavy (non-hydrogen) atoms. The molecule has 0 fully saturated rings. The normalized spacial score (nSPS) is 11.4. The summed E-state index contributed by atoms with van der Waals surface area (Å²) >= 11 is 0. The van der Waals surface area contributed by atoms with Crippen molar-refractivity contribution in [1.82, 2.24) is 5.32 Å². The fourth-order valence-electron chi connectivity index (χ4n) is 1.26. The summed E-state index contributed by atoms with van der Waals surface area (Å²) in [5.41, 5.74) is 0.516. The molecule has 0 saturated carbocycles. The number of aryl methyl sites for hydroxylation is 1. The molecule has 1 aromatic rings. The highest BCUT2D eigenvalue weighted by Crippen LogP contribution is 2.13. The maximum absolute atomic E-state index is 13.0. The van der Waals surface area contributed by atoms with E-state index in [4.69, 9.17) is 5.11 Å². The predicted octanol–water partition coefficient (Wildman–Crippen LogP) is 1.88. The van der Waals surface area contributed by atoms with E-state index in [0.29, 0.717) is 17.7 Å². The molecule has 0 unspecified atom stereocenters. The van der Waals surface area contributed by atoms with E-state index in [1.807, 2.05) is 13.8 Å². The van der Waals surface area contributed by atoms with Gasteiger partial charge in [-0.2, -0.15) is 0 Å². The highest BCUT2D eigenvalue weighted by atomic mass is 19.1. The monoisotopic (exact) mass is 239 g/mol. The Morgan fingerprint density at radius 2 is 2.12 bits per heavy atom. The molecule has 0 aromatic heterocycles. The fourth-order valence-corrected chi connectivity index (χ4v) is 1.26. The summed E-state index contributed by atoms with van der Waals surface area (Å²) < 4.78 is 13.0. The lowest BCUT2D eigenvalue weighted by atomic mass is 9.95. The lowest BCUT2D eigenvalue weighted by Gasteiger charge is -2.21. The summed E-state index contributed by atoms with van der Waals surface area (Å²) in [6.07, 6.45) is 0. The summed E-state index contributed by atoms with van der Waals surface area (Å²) in [5, 5.41) is 11.8. The number of hydrogen-bond acceptors (Lipinski definition) is 2. The minimum Gasteiger partial charge on any atom is -0.396 e. The van der Waals surface area contributed by atoms with Crippen molar-refractivity contribution in [1.29, 1.82) is 0 Å². The number of halogens is 1. The van der Waals surface area contributed by atoms with E-state index >= 15 is 0 Å². The van der Waals surface area contributed by atoms with Crippen LogP contribution >= 0.6 is 0 Å². The third kappa shape index (κ3) is 3.82. The zero-order chi connectivity index (χ0) is 13.1. The molecule has 0 aliphatic heterocycles. The molecule has 0 radical (unpaired) electrons. The Bertz CT molecular complexity index is 416. The topological polar surface area (TPSA) is 49.3 Å². The predicted molar refractivity (Wildman–Crippen MR) is 64.3 cm³/mol. The van der Waals surface area contributed by atoms with E-state index in [9.17, 15) is 9.18 Å². The van der Waals surface area contributed by atoms with Crippen LogP contribution in [0.5, 0.6) is 0 Å². The summed E-state index contributed by atoms with van der Waals surface area (Å²) in [6.45, 7) is 5.69. The zero-order valence-electron chi connectivity index (χ0n) is 10.4. The maximum Gasteiger partial charge on any atom is 0.251 e. The van der Waals surface area contributed by atoms with Gasteiger partial charge in [-0.25, -0.2) is 4.39 Å². The molecule has 0 saturated heterocycles. The van der Waals surface area contributed by atoms with Gasteiger partial charge >= 0.3 is 0 Å². The second-order valence-electron chi connectivity index (χ2n) is 4.97. The smallest absolute Gasteiger partial charge is 0.251 e. The number of nitrogens with one attached hydrogen (secondary N) is 1. The van der Waals surface area contributed by atoms with Crippen LogP contribution < -0.4 is 5.32 Å². The number of carbonyl (C=O) groups excluding carboxylic acids is 1. The lowest BCUT2D eigenvalue weighted by Crippen LogP contribution is -2.36. The SMILES string of the molecule is Cc1cc(C(=O)NCC(C)(C)CO)ccc1F. The first kappa shape index (κ1) is 13.6. The molecule has 1 amide bonds. The number of hydrogen-bond donors (Lipinski definition) is 2. The van der Waals surface area contributed by atoms with Crippen molar-refractivity contribution in [2.45, 2.75) is 20.8 Å². The van der Waals surface area contributed by atoms with Gasteiger partial charge in [-0.15, -0.1) is 0 Å². The number of aliphatic hydroxyl groups excluding tert-OH is 1. The van der Waals surface area contributed by atoms with Crippen LogP contribution in [0.25, 0.3) is 0 Å². The fraction of sp³-hybridized carbons (Fsp3) is 0.462. The Kier molecular flexibility index (Phi) is 4.23. The van der Waals surface area contributed by atoms with Crippen LogP contribution in [0.4, 0.5) is 4.39 Å². The van der Waals surface area contributed by atoms with Gasteiger partial charge in [0.15, 0.2) is 0 Å². The highest BCUT2D eigenvalue weighted by molar-refractivity contribution is 5.94. The van der Waals surface area contributed by atoms with Crippen molar-refractivity contribution in [3.63, 3.8) is 0 Å². The second-order valence-corrected chi connectivity index (χ2v) is 4.97. The molecule has 3 nitrogen and oxygen atoms in total. The zero-order valence-corrected chi connectivity index (χ0v) is 10.4. The molecule has 94 valence electrons. The van der Waals surface area contributed by atoms with Crippen molar-refractivity contribution in [3.05, 3.63) is 35.1 Å². The van der Waals surface area contributed by atoms with Crippen molar-refractivity contribution < 1.29 is 14.3 Å². The summed E-state index contributed by atoms with van der Waals surface area (Å²) in [6, 6.07) is 4.24. The lowest BCUT2D eigenvalue weighted by molar-refractivity contribution is 0.0911. The van der Waals surface area contributed by atoms with Crippen LogP contribution in [0.2, 0.25) is 0 Å². The van der Waals surface area contributed by atoms with E-state index < -0.39 is 0 Å². The van der Waals surface area contributed by atoms with Gasteiger partial charge in [-0.3, -0.25) is 4.79 Å². The molecule has 4 heteroatoms. The van der Waals surface area contributed by atoms with E-state index in [0.717, 1.165) is 0 Å². The van der Waals surface area contributed by atoms with E-state index in [1.54, 1.807) is 6.92 Å². The standard InChI is InChI=1S/C13H18FNO2/c1-9-6-10(4-5-11(9)14)12(17)15-7-13(2,3)8-16/h4-6,16H,7-8H2,1-3H3,(H,15,17). The minimum atomic E-state index is -0.356. The van der Waals surface area contributed by atoms with Gasteiger partial charge in [0.1, 0.15) is 5.82 Å². The second kappa shape index (κ2) is 5.27. The molecule has 1 aromatic carbocycles. The van der Waals surface area contributed by atoms with Gasteiger partial charge in [0.25, 0.3) is 5.91 Å². The summed E-state index contributed by atoms with van der Waals surface area (Å²) in [7, 11) is 0. The maximum atomic E-state index is 13.0. The highest BCUT2D eigenvalue weighted by Gasteiger charge is 2.18. The molecular formula is C13H18FNO2. The summed E-state index contributed by atoms with van der Waals surface area (Å²) in [4.78, 5) is 11.8. The number of benzene rings is 1. The molecule has 2 N–H and O–H groups in total. The molecule has 0 atom stereocenters. The Balaban J connectivity index is 2.68.